The van der Waals surface area contributed by atoms with Crippen LogP contribution in [0.15, 0.2) is 23.2 Å². The van der Waals surface area contributed by atoms with Gasteiger partial charge in [-0.15, -0.1) is 11.3 Å². The Kier molecular flexibility index (Phi) is 4.62. The van der Waals surface area contributed by atoms with Crippen LogP contribution in [0, 0.1) is 10.1 Å². The molecular formula is C12H18N4O2S. The van der Waals surface area contributed by atoms with Crippen molar-refractivity contribution in [3.8, 4) is 0 Å². The first-order valence-corrected chi connectivity index (χ1v) is 7.13. The van der Waals surface area contributed by atoms with E-state index in [2.05, 4.69) is 15.2 Å². The van der Waals surface area contributed by atoms with Gasteiger partial charge in [0.1, 0.15) is 11.2 Å². The Morgan fingerprint density at radius 1 is 1.84 bits per heavy atom. The molecule has 1 aliphatic heterocycles. The highest BCUT2D eigenvalue weighted by molar-refractivity contribution is 7.09. The molecule has 7 heteroatoms. The van der Waals surface area contributed by atoms with Gasteiger partial charge in [-0.05, 0) is 19.4 Å². The van der Waals surface area contributed by atoms with Gasteiger partial charge in [0.25, 0.3) is 6.04 Å². The Balaban J connectivity index is 2.14. The normalized spacial score (nSPS) is 22.6. The van der Waals surface area contributed by atoms with Gasteiger partial charge in [-0.2, -0.15) is 0 Å². The molecule has 19 heavy (non-hydrogen) atoms. The summed E-state index contributed by atoms with van der Waals surface area (Å²) < 4.78 is 0. The fraction of sp³-hybridized carbons (Fsp3) is 0.583. The van der Waals surface area contributed by atoms with Crippen molar-refractivity contribution in [2.75, 3.05) is 13.1 Å². The van der Waals surface area contributed by atoms with Gasteiger partial charge in [-0.1, -0.05) is 6.08 Å². The summed E-state index contributed by atoms with van der Waals surface area (Å²) in [7, 11) is 0. The van der Waals surface area contributed by atoms with Crippen LogP contribution in [-0.4, -0.2) is 40.1 Å². The van der Waals surface area contributed by atoms with Gasteiger partial charge in [-0.3, -0.25) is 20.3 Å². The number of aromatic nitrogens is 1. The third-order valence-electron chi connectivity index (χ3n) is 3.42. The summed E-state index contributed by atoms with van der Waals surface area (Å²) in [4.78, 5) is 17.5. The predicted octanol–water partition coefficient (Wildman–Crippen LogP) is 1.49. The van der Waals surface area contributed by atoms with Gasteiger partial charge in [0.05, 0.1) is 6.54 Å². The smallest absolute Gasteiger partial charge is 0.262 e. The van der Waals surface area contributed by atoms with Crippen LogP contribution in [-0.2, 0) is 6.54 Å². The summed E-state index contributed by atoms with van der Waals surface area (Å²) in [5.74, 6) is 0. The first kappa shape index (κ1) is 14.1. The topological polar surface area (TPSA) is 71.3 Å². The van der Waals surface area contributed by atoms with Crippen LogP contribution in [0.25, 0.3) is 0 Å². The van der Waals surface area contributed by atoms with Crippen molar-refractivity contribution in [1.29, 1.82) is 0 Å². The monoisotopic (exact) mass is 282 g/mol. The summed E-state index contributed by atoms with van der Waals surface area (Å²) in [5, 5.41) is 17.5. The van der Waals surface area contributed by atoms with Gasteiger partial charge in [-0.25, -0.2) is 4.98 Å². The first-order chi connectivity index (χ1) is 9.13. The zero-order valence-corrected chi connectivity index (χ0v) is 11.9. The Hall–Kier alpha value is -1.31. The lowest BCUT2D eigenvalue weighted by Crippen LogP contribution is -2.49. The predicted molar refractivity (Wildman–Crippen MR) is 74.5 cm³/mol. The minimum atomic E-state index is -0.701. The van der Waals surface area contributed by atoms with E-state index in [-0.39, 0.29) is 11.1 Å². The van der Waals surface area contributed by atoms with Crippen LogP contribution in [0.2, 0.25) is 0 Å². The molecule has 0 spiro atoms. The van der Waals surface area contributed by atoms with Crippen LogP contribution in [0.3, 0.4) is 0 Å². The molecular weight excluding hydrogens is 264 g/mol. The van der Waals surface area contributed by atoms with Crippen LogP contribution >= 0.6 is 11.3 Å². The number of thiazole rings is 1. The molecule has 1 N–H and O–H groups in total. The SMILES string of the molecule is C/C=C(\C)C(C1NCCN1Cc1nccs1)[N+](=O)[O-]. The Morgan fingerprint density at radius 2 is 2.63 bits per heavy atom. The van der Waals surface area contributed by atoms with E-state index < -0.39 is 6.04 Å². The van der Waals surface area contributed by atoms with Crippen molar-refractivity contribution in [3.05, 3.63) is 38.3 Å². The number of allylic oxidation sites excluding steroid dienone is 1. The Bertz CT molecular complexity index is 460. The van der Waals surface area contributed by atoms with Crippen LogP contribution in [0.1, 0.15) is 18.9 Å². The molecule has 104 valence electrons. The average Bonchev–Trinajstić information content (AvgIpc) is 3.02. The van der Waals surface area contributed by atoms with Gasteiger partial charge in [0, 0.05) is 29.6 Å². The van der Waals surface area contributed by atoms with Crippen molar-refractivity contribution < 1.29 is 4.92 Å². The minimum absolute atomic E-state index is 0.201. The summed E-state index contributed by atoms with van der Waals surface area (Å²) in [6, 6.07) is -0.701. The number of hydrogen-bond donors (Lipinski definition) is 1. The van der Waals surface area contributed by atoms with Crippen molar-refractivity contribution >= 4 is 11.3 Å². The molecule has 1 aliphatic rings. The zero-order chi connectivity index (χ0) is 13.8. The second-order valence-corrected chi connectivity index (χ2v) is 5.54. The molecule has 6 nitrogen and oxygen atoms in total. The number of nitrogens with zero attached hydrogens (tertiary/aromatic N) is 3. The molecule has 2 heterocycles. The highest BCUT2D eigenvalue weighted by Crippen LogP contribution is 2.20. The molecule has 0 aromatic carbocycles. The van der Waals surface area contributed by atoms with E-state index in [4.69, 9.17) is 0 Å². The van der Waals surface area contributed by atoms with Crippen molar-refractivity contribution in [1.82, 2.24) is 15.2 Å². The lowest BCUT2D eigenvalue weighted by molar-refractivity contribution is -0.520. The average molecular weight is 282 g/mol. The largest absolute Gasteiger partial charge is 0.294 e. The summed E-state index contributed by atoms with van der Waals surface area (Å²) >= 11 is 1.58. The third-order valence-corrected chi connectivity index (χ3v) is 4.18. The number of nitro groups is 1. The molecule has 0 saturated carbocycles. The van der Waals surface area contributed by atoms with Crippen LogP contribution in [0.5, 0.6) is 0 Å². The van der Waals surface area contributed by atoms with Crippen molar-refractivity contribution in [2.45, 2.75) is 32.6 Å². The quantitative estimate of drug-likeness (QED) is 0.503. The Morgan fingerprint density at radius 3 is 3.21 bits per heavy atom. The van der Waals surface area contributed by atoms with Crippen LogP contribution < -0.4 is 5.32 Å². The van der Waals surface area contributed by atoms with E-state index in [9.17, 15) is 10.1 Å². The maximum absolute atomic E-state index is 11.3. The van der Waals surface area contributed by atoms with E-state index in [0.29, 0.717) is 6.54 Å². The van der Waals surface area contributed by atoms with E-state index in [1.807, 2.05) is 25.3 Å². The number of nitrogens with one attached hydrogen (secondary N) is 1. The summed E-state index contributed by atoms with van der Waals surface area (Å²) in [6.45, 7) is 5.90. The van der Waals surface area contributed by atoms with Crippen molar-refractivity contribution in [2.24, 2.45) is 0 Å². The molecule has 0 radical (unpaired) electrons. The lowest BCUT2D eigenvalue weighted by Gasteiger charge is -2.26. The molecule has 1 fully saturated rings. The van der Waals surface area contributed by atoms with Crippen LogP contribution in [0.4, 0.5) is 0 Å². The molecule has 2 unspecified atom stereocenters. The number of hydrogen-bond acceptors (Lipinski definition) is 6. The van der Waals surface area contributed by atoms with Gasteiger partial charge in [0.2, 0.25) is 0 Å². The molecule has 1 saturated heterocycles. The fourth-order valence-electron chi connectivity index (χ4n) is 2.32. The molecule has 0 aliphatic carbocycles. The molecule has 1 aromatic heterocycles. The maximum atomic E-state index is 11.3. The minimum Gasteiger partial charge on any atom is -0.294 e. The summed E-state index contributed by atoms with van der Waals surface area (Å²) in [6.07, 6.45) is 3.32. The zero-order valence-electron chi connectivity index (χ0n) is 11.1. The van der Waals surface area contributed by atoms with Gasteiger partial charge in [0.15, 0.2) is 0 Å². The van der Waals surface area contributed by atoms with E-state index >= 15 is 0 Å². The second kappa shape index (κ2) is 6.23. The lowest BCUT2D eigenvalue weighted by atomic mass is 10.1. The molecule has 0 amide bonds. The third kappa shape index (κ3) is 3.17. The highest BCUT2D eigenvalue weighted by Gasteiger charge is 2.39. The van der Waals surface area contributed by atoms with E-state index in [1.54, 1.807) is 17.5 Å². The second-order valence-electron chi connectivity index (χ2n) is 4.56. The molecule has 2 atom stereocenters. The maximum Gasteiger partial charge on any atom is 0.262 e. The molecule has 2 rings (SSSR count). The van der Waals surface area contributed by atoms with E-state index in [0.717, 1.165) is 23.7 Å². The van der Waals surface area contributed by atoms with E-state index in [1.165, 1.54) is 0 Å². The van der Waals surface area contributed by atoms with Gasteiger partial charge >= 0.3 is 0 Å². The molecule has 1 aromatic rings. The van der Waals surface area contributed by atoms with Gasteiger partial charge < -0.3 is 0 Å². The highest BCUT2D eigenvalue weighted by atomic mass is 32.1. The molecule has 0 bridgehead atoms. The fourth-order valence-corrected chi connectivity index (χ4v) is 2.96. The Labute approximate surface area is 116 Å². The number of rotatable bonds is 5. The standard InChI is InChI=1S/C12H18N4O2S/c1-3-9(2)11(16(17)18)12-14-4-6-15(12)8-10-13-5-7-19-10/h3,5,7,11-12,14H,4,6,8H2,1-2H3/b9-3+. The first-order valence-electron chi connectivity index (χ1n) is 6.25. The van der Waals surface area contributed by atoms with Crippen molar-refractivity contribution in [3.63, 3.8) is 0 Å². The summed E-state index contributed by atoms with van der Waals surface area (Å²) in [5.41, 5.74) is 0.786.